The van der Waals surface area contributed by atoms with Crippen molar-refractivity contribution in [2.24, 2.45) is 0 Å². The fourth-order valence-corrected chi connectivity index (χ4v) is 1.56. The van der Waals surface area contributed by atoms with Crippen LogP contribution in [0.3, 0.4) is 0 Å². The van der Waals surface area contributed by atoms with E-state index in [0.29, 0.717) is 4.47 Å². The zero-order valence-electron chi connectivity index (χ0n) is 6.92. The lowest BCUT2D eigenvalue weighted by Crippen LogP contribution is -2.01. The smallest absolute Gasteiger partial charge is 0.153 e. The average molecular weight is 259 g/mol. The molecule has 1 aromatic heterocycles. The molecule has 0 N–H and O–H groups in total. The first-order valence-electron chi connectivity index (χ1n) is 3.83. The predicted molar refractivity (Wildman–Crippen MR) is 51.2 cm³/mol. The third kappa shape index (κ3) is 1.55. The van der Waals surface area contributed by atoms with Gasteiger partial charge in [0.15, 0.2) is 11.6 Å². The average Bonchev–Trinajstić information content (AvgIpc) is 2.54. The van der Waals surface area contributed by atoms with Crippen LogP contribution in [0.2, 0.25) is 0 Å². The SMILES string of the molecule is Fc1cc(Br)cc(F)c1-n1cccn1. The fourth-order valence-electron chi connectivity index (χ4n) is 1.15. The van der Waals surface area contributed by atoms with Gasteiger partial charge >= 0.3 is 0 Å². The summed E-state index contributed by atoms with van der Waals surface area (Å²) < 4.78 is 28.2. The quantitative estimate of drug-likeness (QED) is 0.769. The highest BCUT2D eigenvalue weighted by atomic mass is 79.9. The molecule has 0 aliphatic rings. The van der Waals surface area contributed by atoms with Crippen LogP contribution < -0.4 is 0 Å². The van der Waals surface area contributed by atoms with E-state index in [-0.39, 0.29) is 5.69 Å². The van der Waals surface area contributed by atoms with Crippen LogP contribution >= 0.6 is 15.9 Å². The lowest BCUT2D eigenvalue weighted by molar-refractivity contribution is 0.559. The first kappa shape index (κ1) is 9.33. The molecular formula is C9H5BrF2N2. The van der Waals surface area contributed by atoms with Gasteiger partial charge in [-0.25, -0.2) is 13.5 Å². The standard InChI is InChI=1S/C9H5BrF2N2/c10-6-4-7(11)9(8(12)5-6)14-3-1-2-13-14/h1-5H. The molecular weight excluding hydrogens is 254 g/mol. The molecule has 1 aromatic carbocycles. The topological polar surface area (TPSA) is 17.8 Å². The van der Waals surface area contributed by atoms with Gasteiger partial charge in [0.2, 0.25) is 0 Å². The Bertz CT molecular complexity index is 431. The van der Waals surface area contributed by atoms with Crippen molar-refractivity contribution in [2.45, 2.75) is 0 Å². The molecule has 0 saturated carbocycles. The molecule has 0 unspecified atom stereocenters. The van der Waals surface area contributed by atoms with Crippen LogP contribution in [0, 0.1) is 11.6 Å². The molecule has 0 spiro atoms. The first-order valence-corrected chi connectivity index (χ1v) is 4.62. The normalized spacial score (nSPS) is 10.5. The molecule has 2 nitrogen and oxygen atoms in total. The van der Waals surface area contributed by atoms with Gasteiger partial charge in [0, 0.05) is 16.9 Å². The number of hydrogen-bond acceptors (Lipinski definition) is 1. The minimum absolute atomic E-state index is 0.168. The Morgan fingerprint density at radius 3 is 2.36 bits per heavy atom. The minimum Gasteiger partial charge on any atom is -0.235 e. The van der Waals surface area contributed by atoms with E-state index >= 15 is 0 Å². The third-order valence-corrected chi connectivity index (χ3v) is 2.17. The highest BCUT2D eigenvalue weighted by Gasteiger charge is 2.12. The molecule has 0 amide bonds. The predicted octanol–water partition coefficient (Wildman–Crippen LogP) is 2.91. The van der Waals surface area contributed by atoms with Crippen LogP contribution in [0.4, 0.5) is 8.78 Å². The van der Waals surface area contributed by atoms with E-state index < -0.39 is 11.6 Å². The molecule has 0 bridgehead atoms. The summed E-state index contributed by atoms with van der Waals surface area (Å²) in [5.41, 5.74) is -0.168. The van der Waals surface area contributed by atoms with E-state index in [0.717, 1.165) is 4.68 Å². The molecule has 2 aromatic rings. The van der Waals surface area contributed by atoms with Crippen molar-refractivity contribution >= 4 is 15.9 Å². The summed E-state index contributed by atoms with van der Waals surface area (Å²) in [6.45, 7) is 0. The summed E-state index contributed by atoms with van der Waals surface area (Å²) in [6.07, 6.45) is 2.94. The molecule has 0 radical (unpaired) electrons. The largest absolute Gasteiger partial charge is 0.235 e. The van der Waals surface area contributed by atoms with E-state index in [1.54, 1.807) is 6.07 Å². The molecule has 0 aliphatic heterocycles. The van der Waals surface area contributed by atoms with Gasteiger partial charge in [-0.1, -0.05) is 15.9 Å². The van der Waals surface area contributed by atoms with Gasteiger partial charge in [0.1, 0.15) is 5.69 Å². The number of aromatic nitrogens is 2. The van der Waals surface area contributed by atoms with Crippen LogP contribution in [-0.2, 0) is 0 Å². The van der Waals surface area contributed by atoms with Crippen molar-refractivity contribution in [2.75, 3.05) is 0 Å². The van der Waals surface area contributed by atoms with Crippen molar-refractivity contribution in [3.63, 3.8) is 0 Å². The monoisotopic (exact) mass is 258 g/mol. The van der Waals surface area contributed by atoms with Gasteiger partial charge in [0.25, 0.3) is 0 Å². The number of halogens is 3. The summed E-state index contributed by atoms with van der Waals surface area (Å²) in [5, 5.41) is 3.76. The van der Waals surface area contributed by atoms with Crippen molar-refractivity contribution in [3.05, 3.63) is 46.7 Å². The number of hydrogen-bond donors (Lipinski definition) is 0. The number of nitrogens with zero attached hydrogens (tertiary/aromatic N) is 2. The Hall–Kier alpha value is -1.23. The van der Waals surface area contributed by atoms with Crippen LogP contribution in [0.5, 0.6) is 0 Å². The van der Waals surface area contributed by atoms with E-state index in [9.17, 15) is 8.78 Å². The lowest BCUT2D eigenvalue weighted by atomic mass is 10.3. The van der Waals surface area contributed by atoms with Gasteiger partial charge in [-0.05, 0) is 18.2 Å². The zero-order chi connectivity index (χ0) is 10.1. The van der Waals surface area contributed by atoms with Crippen molar-refractivity contribution in [1.82, 2.24) is 9.78 Å². The van der Waals surface area contributed by atoms with Crippen molar-refractivity contribution in [3.8, 4) is 5.69 Å². The summed E-state index contributed by atoms with van der Waals surface area (Å²) in [5.74, 6) is -1.30. The lowest BCUT2D eigenvalue weighted by Gasteiger charge is -2.04. The molecule has 2 rings (SSSR count). The highest BCUT2D eigenvalue weighted by molar-refractivity contribution is 9.10. The molecule has 72 valence electrons. The fraction of sp³-hybridized carbons (Fsp3) is 0. The van der Waals surface area contributed by atoms with Crippen LogP contribution in [0.25, 0.3) is 5.69 Å². The Kier molecular flexibility index (Phi) is 2.33. The minimum atomic E-state index is -0.652. The molecule has 5 heteroatoms. The second kappa shape index (κ2) is 3.49. The summed E-state index contributed by atoms with van der Waals surface area (Å²) in [6, 6.07) is 3.99. The number of rotatable bonds is 1. The maximum Gasteiger partial charge on any atom is 0.153 e. The molecule has 0 atom stereocenters. The Labute approximate surface area is 87.3 Å². The Morgan fingerprint density at radius 2 is 1.86 bits per heavy atom. The van der Waals surface area contributed by atoms with Gasteiger partial charge < -0.3 is 0 Å². The van der Waals surface area contributed by atoms with Crippen molar-refractivity contribution in [1.29, 1.82) is 0 Å². The third-order valence-electron chi connectivity index (χ3n) is 1.72. The van der Waals surface area contributed by atoms with Gasteiger partial charge in [-0.3, -0.25) is 0 Å². The van der Waals surface area contributed by atoms with Crippen LogP contribution in [0.1, 0.15) is 0 Å². The maximum atomic E-state index is 13.3. The van der Waals surface area contributed by atoms with E-state index in [1.807, 2.05) is 0 Å². The Balaban J connectivity index is 2.64. The molecule has 0 saturated heterocycles. The van der Waals surface area contributed by atoms with Gasteiger partial charge in [-0.15, -0.1) is 0 Å². The second-order valence-corrected chi connectivity index (χ2v) is 3.58. The van der Waals surface area contributed by atoms with E-state index in [2.05, 4.69) is 21.0 Å². The van der Waals surface area contributed by atoms with E-state index in [4.69, 9.17) is 0 Å². The second-order valence-electron chi connectivity index (χ2n) is 2.67. The van der Waals surface area contributed by atoms with Crippen molar-refractivity contribution < 1.29 is 8.78 Å². The summed E-state index contributed by atoms with van der Waals surface area (Å²) in [4.78, 5) is 0. The van der Waals surface area contributed by atoms with Crippen LogP contribution in [-0.4, -0.2) is 9.78 Å². The summed E-state index contributed by atoms with van der Waals surface area (Å²) in [7, 11) is 0. The molecule has 1 heterocycles. The number of benzene rings is 1. The molecule has 0 aliphatic carbocycles. The van der Waals surface area contributed by atoms with Gasteiger partial charge in [0.05, 0.1) is 0 Å². The summed E-state index contributed by atoms with van der Waals surface area (Å²) >= 11 is 3.00. The maximum absolute atomic E-state index is 13.3. The first-order chi connectivity index (χ1) is 6.68. The Morgan fingerprint density at radius 1 is 1.21 bits per heavy atom. The van der Waals surface area contributed by atoms with Gasteiger partial charge in [-0.2, -0.15) is 5.10 Å². The zero-order valence-corrected chi connectivity index (χ0v) is 8.50. The highest BCUT2D eigenvalue weighted by Crippen LogP contribution is 2.21. The molecule has 14 heavy (non-hydrogen) atoms. The van der Waals surface area contributed by atoms with E-state index in [1.165, 1.54) is 24.5 Å². The van der Waals surface area contributed by atoms with Crippen LogP contribution in [0.15, 0.2) is 35.1 Å². The molecule has 0 fully saturated rings.